The van der Waals surface area contributed by atoms with Gasteiger partial charge in [-0.15, -0.1) is 0 Å². The SMILES string of the molecule is CCOc1ccccc1N(CC(=O)N(Cc1c(Cl)cccc1Cl)[C@@H](Cc1ccccc1)C(=O)NC(C)C)S(=O)(=O)c1ccc(C)cc1. The van der Waals surface area contributed by atoms with Crippen molar-refractivity contribution < 1.29 is 22.7 Å². The molecular formula is C36H39Cl2N3O5S. The Hall–Kier alpha value is -4.05. The Labute approximate surface area is 287 Å². The lowest BCUT2D eigenvalue weighted by molar-refractivity contribution is -0.140. The number of carbonyl (C=O) groups excluding carboxylic acids is 2. The van der Waals surface area contributed by atoms with Crippen molar-refractivity contribution in [3.8, 4) is 5.75 Å². The van der Waals surface area contributed by atoms with Gasteiger partial charge < -0.3 is 15.0 Å². The van der Waals surface area contributed by atoms with Crippen molar-refractivity contribution in [3.05, 3.63) is 124 Å². The van der Waals surface area contributed by atoms with Gasteiger partial charge in [0.25, 0.3) is 10.0 Å². The number of aryl methyl sites for hydroxylation is 1. The molecule has 4 rings (SSSR count). The van der Waals surface area contributed by atoms with Gasteiger partial charge in [-0.25, -0.2) is 8.42 Å². The molecule has 4 aromatic carbocycles. The molecule has 0 aliphatic heterocycles. The summed E-state index contributed by atoms with van der Waals surface area (Å²) in [6.45, 7) is 6.79. The first-order chi connectivity index (χ1) is 22.4. The van der Waals surface area contributed by atoms with Gasteiger partial charge >= 0.3 is 0 Å². The van der Waals surface area contributed by atoms with Crippen molar-refractivity contribution in [3.63, 3.8) is 0 Å². The first kappa shape index (κ1) is 35.8. The number of amides is 2. The number of rotatable bonds is 14. The Kier molecular flexibility index (Phi) is 12.3. The van der Waals surface area contributed by atoms with Gasteiger partial charge in [-0.05, 0) is 69.7 Å². The van der Waals surface area contributed by atoms with Crippen LogP contribution in [0, 0.1) is 6.92 Å². The maximum Gasteiger partial charge on any atom is 0.264 e. The lowest BCUT2D eigenvalue weighted by Crippen LogP contribution is -2.54. The molecule has 8 nitrogen and oxygen atoms in total. The van der Waals surface area contributed by atoms with Crippen LogP contribution < -0.4 is 14.4 Å². The quantitative estimate of drug-likeness (QED) is 0.152. The highest BCUT2D eigenvalue weighted by atomic mass is 35.5. The van der Waals surface area contributed by atoms with E-state index in [2.05, 4.69) is 5.32 Å². The molecule has 0 fully saturated rings. The van der Waals surface area contributed by atoms with Crippen LogP contribution in [0.3, 0.4) is 0 Å². The minimum absolute atomic E-state index is 0.00119. The van der Waals surface area contributed by atoms with E-state index in [1.807, 2.05) is 51.1 Å². The number of carbonyl (C=O) groups is 2. The molecule has 0 spiro atoms. The summed E-state index contributed by atoms with van der Waals surface area (Å²) in [5.74, 6) is -0.747. The van der Waals surface area contributed by atoms with Gasteiger partial charge in [0, 0.05) is 34.6 Å². The highest BCUT2D eigenvalue weighted by Crippen LogP contribution is 2.34. The number of para-hydroxylation sites is 2. The van der Waals surface area contributed by atoms with Crippen molar-refractivity contribution in [2.45, 2.75) is 57.6 Å². The molecule has 248 valence electrons. The summed E-state index contributed by atoms with van der Waals surface area (Å²) >= 11 is 13.2. The number of hydrogen-bond donors (Lipinski definition) is 1. The Morgan fingerprint density at radius 1 is 0.851 bits per heavy atom. The van der Waals surface area contributed by atoms with Crippen molar-refractivity contribution in [2.24, 2.45) is 0 Å². The van der Waals surface area contributed by atoms with Crippen LogP contribution in [0.4, 0.5) is 5.69 Å². The van der Waals surface area contributed by atoms with E-state index in [4.69, 9.17) is 27.9 Å². The van der Waals surface area contributed by atoms with Crippen LogP contribution in [0.1, 0.15) is 37.5 Å². The third-order valence-electron chi connectivity index (χ3n) is 7.41. The third kappa shape index (κ3) is 9.06. The number of ether oxygens (including phenoxy) is 1. The zero-order valence-electron chi connectivity index (χ0n) is 26.8. The molecule has 47 heavy (non-hydrogen) atoms. The fourth-order valence-electron chi connectivity index (χ4n) is 5.08. The van der Waals surface area contributed by atoms with Crippen molar-refractivity contribution in [1.82, 2.24) is 10.2 Å². The van der Waals surface area contributed by atoms with E-state index in [0.29, 0.717) is 15.6 Å². The minimum Gasteiger partial charge on any atom is -0.492 e. The third-order valence-corrected chi connectivity index (χ3v) is 9.90. The van der Waals surface area contributed by atoms with Crippen LogP contribution >= 0.6 is 23.2 Å². The summed E-state index contributed by atoms with van der Waals surface area (Å²) in [4.78, 5) is 29.9. The number of nitrogens with zero attached hydrogens (tertiary/aromatic N) is 2. The zero-order valence-corrected chi connectivity index (χ0v) is 29.1. The Morgan fingerprint density at radius 2 is 1.47 bits per heavy atom. The number of halogens is 2. The molecule has 0 saturated heterocycles. The van der Waals surface area contributed by atoms with Crippen molar-refractivity contribution in [1.29, 1.82) is 0 Å². The largest absolute Gasteiger partial charge is 0.492 e. The van der Waals surface area contributed by atoms with Crippen LogP contribution in [-0.2, 0) is 32.6 Å². The summed E-state index contributed by atoms with van der Waals surface area (Å²) in [5, 5.41) is 3.55. The maximum absolute atomic E-state index is 14.7. The summed E-state index contributed by atoms with van der Waals surface area (Å²) in [6, 6.07) is 26.1. The first-order valence-electron chi connectivity index (χ1n) is 15.3. The first-order valence-corrected chi connectivity index (χ1v) is 17.5. The van der Waals surface area contributed by atoms with Crippen LogP contribution in [0.25, 0.3) is 0 Å². The number of nitrogens with one attached hydrogen (secondary N) is 1. The van der Waals surface area contributed by atoms with Gasteiger partial charge in [0.05, 0.1) is 17.2 Å². The zero-order chi connectivity index (χ0) is 34.1. The number of benzene rings is 4. The van der Waals surface area contributed by atoms with Crippen molar-refractivity contribution in [2.75, 3.05) is 17.5 Å². The molecule has 0 heterocycles. The molecule has 0 aliphatic carbocycles. The molecule has 2 amide bonds. The fourth-order valence-corrected chi connectivity index (χ4v) is 7.02. The second-order valence-electron chi connectivity index (χ2n) is 11.3. The molecule has 0 unspecified atom stereocenters. The van der Waals surface area contributed by atoms with Crippen LogP contribution in [0.15, 0.2) is 102 Å². The second-order valence-corrected chi connectivity index (χ2v) is 14.0. The summed E-state index contributed by atoms with van der Waals surface area (Å²) < 4.78 is 35.5. The van der Waals surface area contributed by atoms with E-state index >= 15 is 0 Å². The van der Waals surface area contributed by atoms with E-state index in [9.17, 15) is 18.0 Å². The molecule has 0 aromatic heterocycles. The summed E-state index contributed by atoms with van der Waals surface area (Å²) in [7, 11) is -4.30. The predicted molar refractivity (Wildman–Crippen MR) is 188 cm³/mol. The standard InChI is InChI=1S/C36H39Cl2N3O5S/c1-5-46-34-17-10-9-16-32(34)41(47(44,45)28-20-18-26(4)19-21-28)24-35(42)40(23-29-30(37)14-11-15-31(29)38)33(36(43)39-25(2)3)22-27-12-7-6-8-13-27/h6-21,25,33H,5,22-24H2,1-4H3,(H,39,43)/t33-/m0/s1. The second kappa shape index (κ2) is 16.2. The topological polar surface area (TPSA) is 96.0 Å². The highest BCUT2D eigenvalue weighted by molar-refractivity contribution is 7.92. The summed E-state index contributed by atoms with van der Waals surface area (Å²) in [5.41, 5.74) is 2.31. The smallest absolute Gasteiger partial charge is 0.264 e. The van der Waals surface area contributed by atoms with Gasteiger partial charge in [-0.3, -0.25) is 13.9 Å². The lowest BCUT2D eigenvalue weighted by atomic mass is 10.0. The van der Waals surface area contributed by atoms with Gasteiger partial charge in [0.15, 0.2) is 0 Å². The molecule has 4 aromatic rings. The molecule has 0 bridgehead atoms. The number of hydrogen-bond acceptors (Lipinski definition) is 5. The van der Waals surface area contributed by atoms with E-state index in [-0.39, 0.29) is 41.9 Å². The average molecular weight is 697 g/mol. The van der Waals surface area contributed by atoms with Crippen LogP contribution in [0.5, 0.6) is 5.75 Å². The van der Waals surface area contributed by atoms with Gasteiger partial charge in [0.2, 0.25) is 11.8 Å². The molecule has 0 radical (unpaired) electrons. The predicted octanol–water partition coefficient (Wildman–Crippen LogP) is 7.06. The van der Waals surface area contributed by atoms with Crippen molar-refractivity contribution >= 4 is 50.7 Å². The molecule has 1 N–H and O–H groups in total. The molecular weight excluding hydrogens is 657 g/mol. The molecule has 0 aliphatic rings. The molecule has 0 saturated carbocycles. The van der Waals surface area contributed by atoms with E-state index < -0.39 is 34.4 Å². The van der Waals surface area contributed by atoms with E-state index in [0.717, 1.165) is 15.4 Å². The number of sulfonamides is 1. The van der Waals surface area contributed by atoms with Gasteiger partial charge in [-0.2, -0.15) is 0 Å². The maximum atomic E-state index is 14.7. The monoisotopic (exact) mass is 695 g/mol. The fraction of sp³-hybridized carbons (Fsp3) is 0.278. The highest BCUT2D eigenvalue weighted by Gasteiger charge is 2.36. The van der Waals surface area contributed by atoms with Crippen LogP contribution in [0.2, 0.25) is 10.0 Å². The normalized spacial score (nSPS) is 12.0. The Bertz CT molecular complexity index is 1760. The van der Waals surface area contributed by atoms with Gasteiger partial charge in [-0.1, -0.05) is 89.4 Å². The Morgan fingerprint density at radius 3 is 2.09 bits per heavy atom. The molecule has 11 heteroatoms. The summed E-state index contributed by atoms with van der Waals surface area (Å²) in [6.07, 6.45) is 0.160. The van der Waals surface area contributed by atoms with E-state index in [1.165, 1.54) is 17.0 Å². The lowest BCUT2D eigenvalue weighted by Gasteiger charge is -2.34. The number of anilines is 1. The Balaban J connectivity index is 1.87. The minimum atomic E-state index is -4.30. The van der Waals surface area contributed by atoms with Gasteiger partial charge in [0.1, 0.15) is 18.3 Å². The average Bonchev–Trinajstić information content (AvgIpc) is 3.03. The van der Waals surface area contributed by atoms with E-state index in [1.54, 1.807) is 61.5 Å². The van der Waals surface area contributed by atoms with Crippen LogP contribution in [-0.4, -0.2) is 50.4 Å². The molecule has 1 atom stereocenters.